The molecule has 2 aromatic carbocycles. The van der Waals surface area contributed by atoms with Gasteiger partial charge < -0.3 is 12.4 Å². The van der Waals surface area contributed by atoms with Crippen LogP contribution in [0, 0.1) is 0 Å². The molecule has 6 heteroatoms. The van der Waals surface area contributed by atoms with Crippen LogP contribution < -0.4 is 17.0 Å². The fraction of sp³-hybridized carbons (Fsp3) is 0.150. The van der Waals surface area contributed by atoms with Gasteiger partial charge in [0.25, 0.3) is 0 Å². The predicted octanol–water partition coefficient (Wildman–Crippen LogP) is -0.0563. The molecule has 136 valence electrons. The second-order valence-electron chi connectivity index (χ2n) is 6.07. The van der Waals surface area contributed by atoms with Gasteiger partial charge in [-0.3, -0.25) is 0 Å². The quantitative estimate of drug-likeness (QED) is 0.575. The number of nitrogens with zero attached hydrogens (tertiary/aromatic N) is 2. The van der Waals surface area contributed by atoms with Gasteiger partial charge in [-0.25, -0.2) is 17.3 Å². The van der Waals surface area contributed by atoms with E-state index < -0.39 is 10.0 Å². The molecule has 26 heavy (non-hydrogen) atoms. The Morgan fingerprint density at radius 2 is 1.58 bits per heavy atom. The number of sulfonamides is 1. The maximum Gasteiger partial charge on any atom is 0.242 e. The molecule has 0 spiro atoms. The van der Waals surface area contributed by atoms with Crippen LogP contribution in [0.2, 0.25) is 0 Å². The molecule has 0 bridgehead atoms. The first-order valence-electron chi connectivity index (χ1n) is 8.03. The Morgan fingerprint density at radius 1 is 0.885 bits per heavy atom. The molecule has 1 aromatic heterocycles. The summed E-state index contributed by atoms with van der Waals surface area (Å²) < 4.78 is 27.9. The zero-order valence-electron chi connectivity index (χ0n) is 14.7. The second-order valence-corrected chi connectivity index (χ2v) is 8.22. The molecular weight excluding hydrogens is 368 g/mol. The predicted molar refractivity (Wildman–Crippen MR) is 98.5 cm³/mol. The molecule has 0 unspecified atom stereocenters. The summed E-state index contributed by atoms with van der Waals surface area (Å²) in [7, 11) is -0.335. The standard InChI is InChI=1S/C20H21N2O2S.ClH/c1-21(2)25(23,24)20-12-6-8-17(14-20)15-22-13-7-11-19(16-22)18-9-4-3-5-10-18;/h3-14,16H,15H2,1-2H3;1H/q+1;/p-1. The Balaban J connectivity index is 0.00000243. The molecule has 0 aliphatic rings. The van der Waals surface area contributed by atoms with Crippen molar-refractivity contribution in [3.05, 3.63) is 84.7 Å². The summed E-state index contributed by atoms with van der Waals surface area (Å²) in [4.78, 5) is 0.315. The van der Waals surface area contributed by atoms with Crippen LogP contribution in [0.4, 0.5) is 0 Å². The van der Waals surface area contributed by atoms with E-state index in [2.05, 4.69) is 29.0 Å². The molecule has 0 aliphatic heterocycles. The smallest absolute Gasteiger partial charge is 0.242 e. The summed E-state index contributed by atoms with van der Waals surface area (Å²) >= 11 is 0. The van der Waals surface area contributed by atoms with E-state index in [-0.39, 0.29) is 12.4 Å². The summed E-state index contributed by atoms with van der Waals surface area (Å²) in [6, 6.07) is 21.3. The molecule has 0 amide bonds. The van der Waals surface area contributed by atoms with Crippen LogP contribution in [0.5, 0.6) is 0 Å². The molecule has 3 rings (SSSR count). The monoisotopic (exact) mass is 388 g/mol. The van der Waals surface area contributed by atoms with E-state index in [4.69, 9.17) is 0 Å². The summed E-state index contributed by atoms with van der Waals surface area (Å²) in [6.07, 6.45) is 4.06. The molecule has 0 saturated carbocycles. The van der Waals surface area contributed by atoms with Gasteiger partial charge in [0.15, 0.2) is 18.9 Å². The number of aromatic nitrogens is 1. The van der Waals surface area contributed by atoms with E-state index in [9.17, 15) is 8.42 Å². The Kier molecular flexibility index (Phi) is 6.53. The normalized spacial score (nSPS) is 11.2. The Morgan fingerprint density at radius 3 is 2.27 bits per heavy atom. The van der Waals surface area contributed by atoms with Gasteiger partial charge >= 0.3 is 0 Å². The summed E-state index contributed by atoms with van der Waals surface area (Å²) in [5, 5.41) is 0. The van der Waals surface area contributed by atoms with Gasteiger partial charge in [-0.1, -0.05) is 42.5 Å². The van der Waals surface area contributed by atoms with Crippen molar-refractivity contribution in [1.82, 2.24) is 4.31 Å². The van der Waals surface area contributed by atoms with Gasteiger partial charge in [-0.2, -0.15) is 0 Å². The third-order valence-corrected chi connectivity index (χ3v) is 5.82. The number of hydrogen-bond donors (Lipinski definition) is 0. The molecular formula is C20H21ClN2O2S. The summed E-state index contributed by atoms with van der Waals surface area (Å²) in [6.45, 7) is 0.609. The van der Waals surface area contributed by atoms with E-state index in [1.165, 1.54) is 4.31 Å². The number of hydrogen-bond acceptors (Lipinski definition) is 2. The van der Waals surface area contributed by atoms with Crippen LogP contribution in [-0.2, 0) is 16.6 Å². The molecule has 0 saturated heterocycles. The van der Waals surface area contributed by atoms with Gasteiger partial charge in [-0.05, 0) is 23.8 Å². The highest BCUT2D eigenvalue weighted by atomic mass is 35.5. The highest BCUT2D eigenvalue weighted by Gasteiger charge is 2.18. The fourth-order valence-corrected chi connectivity index (χ4v) is 3.62. The lowest BCUT2D eigenvalue weighted by Crippen LogP contribution is -3.00. The SMILES string of the molecule is CN(C)S(=O)(=O)c1cccc(C[n+]2cccc(-c3ccccc3)c2)c1.[Cl-]. The topological polar surface area (TPSA) is 41.3 Å². The number of rotatable bonds is 5. The molecule has 0 fully saturated rings. The Hall–Kier alpha value is -2.21. The molecule has 0 atom stereocenters. The van der Waals surface area contributed by atoms with E-state index in [1.54, 1.807) is 32.3 Å². The van der Waals surface area contributed by atoms with Gasteiger partial charge in [0.2, 0.25) is 10.0 Å². The molecule has 3 aromatic rings. The highest BCUT2D eigenvalue weighted by Crippen LogP contribution is 2.17. The minimum absolute atomic E-state index is 0. The molecule has 1 heterocycles. The van der Waals surface area contributed by atoms with Crippen LogP contribution in [0.3, 0.4) is 0 Å². The van der Waals surface area contributed by atoms with E-state index in [0.717, 1.165) is 16.7 Å². The zero-order chi connectivity index (χ0) is 17.9. The highest BCUT2D eigenvalue weighted by molar-refractivity contribution is 7.89. The maximum absolute atomic E-state index is 12.3. The van der Waals surface area contributed by atoms with Gasteiger partial charge in [0, 0.05) is 31.3 Å². The number of benzene rings is 2. The van der Waals surface area contributed by atoms with Crippen LogP contribution in [0.1, 0.15) is 5.56 Å². The maximum atomic E-state index is 12.3. The van der Waals surface area contributed by atoms with Crippen LogP contribution in [0.15, 0.2) is 84.0 Å². The van der Waals surface area contributed by atoms with Crippen molar-refractivity contribution in [2.45, 2.75) is 11.4 Å². The first kappa shape index (κ1) is 20.1. The average molecular weight is 389 g/mol. The summed E-state index contributed by atoms with van der Waals surface area (Å²) in [5.41, 5.74) is 3.22. The van der Waals surface area contributed by atoms with Gasteiger partial charge in [0.05, 0.1) is 4.90 Å². The lowest BCUT2D eigenvalue weighted by molar-refractivity contribution is -0.687. The lowest BCUT2D eigenvalue weighted by atomic mass is 10.1. The fourth-order valence-electron chi connectivity index (χ4n) is 2.65. The van der Waals surface area contributed by atoms with Crippen molar-refractivity contribution >= 4 is 10.0 Å². The lowest BCUT2D eigenvalue weighted by Gasteiger charge is -2.11. The molecule has 0 N–H and O–H groups in total. The number of halogens is 1. The van der Waals surface area contributed by atoms with Gasteiger partial charge in [0.1, 0.15) is 0 Å². The minimum Gasteiger partial charge on any atom is -1.00 e. The van der Waals surface area contributed by atoms with Crippen LogP contribution >= 0.6 is 0 Å². The molecule has 4 nitrogen and oxygen atoms in total. The Labute approximate surface area is 161 Å². The van der Waals surface area contributed by atoms with Crippen LogP contribution in [-0.4, -0.2) is 26.8 Å². The summed E-state index contributed by atoms with van der Waals surface area (Å²) in [5.74, 6) is 0. The third-order valence-electron chi connectivity index (χ3n) is 4.01. The minimum atomic E-state index is -3.42. The van der Waals surface area contributed by atoms with E-state index >= 15 is 0 Å². The zero-order valence-corrected chi connectivity index (χ0v) is 16.3. The van der Waals surface area contributed by atoms with Crippen molar-refractivity contribution in [2.75, 3.05) is 14.1 Å². The van der Waals surface area contributed by atoms with Crippen molar-refractivity contribution < 1.29 is 25.4 Å². The average Bonchev–Trinajstić information content (AvgIpc) is 2.63. The van der Waals surface area contributed by atoms with Crippen molar-refractivity contribution in [3.8, 4) is 11.1 Å². The third kappa shape index (κ3) is 4.49. The van der Waals surface area contributed by atoms with Crippen LogP contribution in [0.25, 0.3) is 11.1 Å². The van der Waals surface area contributed by atoms with E-state index in [0.29, 0.717) is 11.4 Å². The first-order chi connectivity index (χ1) is 12.0. The van der Waals surface area contributed by atoms with Gasteiger partial charge in [-0.15, -0.1) is 0 Å². The van der Waals surface area contributed by atoms with Crippen molar-refractivity contribution in [3.63, 3.8) is 0 Å². The Bertz CT molecular complexity index is 974. The first-order valence-corrected chi connectivity index (χ1v) is 9.47. The van der Waals surface area contributed by atoms with Crippen molar-refractivity contribution in [2.24, 2.45) is 0 Å². The molecule has 0 aliphatic carbocycles. The second kappa shape index (κ2) is 8.45. The number of pyridine rings is 1. The van der Waals surface area contributed by atoms with Crippen molar-refractivity contribution in [1.29, 1.82) is 0 Å². The largest absolute Gasteiger partial charge is 1.00 e. The molecule has 0 radical (unpaired) electrons. The van der Waals surface area contributed by atoms with E-state index in [1.807, 2.05) is 36.5 Å².